The van der Waals surface area contributed by atoms with Gasteiger partial charge in [0, 0.05) is 12.1 Å². The van der Waals surface area contributed by atoms with Gasteiger partial charge in [-0.2, -0.15) is 0 Å². The van der Waals surface area contributed by atoms with Crippen LogP contribution >= 0.6 is 0 Å². The van der Waals surface area contributed by atoms with E-state index in [1.165, 1.54) is 6.42 Å². The Morgan fingerprint density at radius 1 is 1.40 bits per heavy atom. The van der Waals surface area contributed by atoms with Crippen LogP contribution in [0.4, 0.5) is 0 Å². The molecule has 1 rings (SSSR count). The quantitative estimate of drug-likeness (QED) is 0.760. The van der Waals surface area contributed by atoms with Crippen LogP contribution in [0.25, 0.3) is 0 Å². The fourth-order valence-corrected chi connectivity index (χ4v) is 2.27. The van der Waals surface area contributed by atoms with E-state index in [-0.39, 0.29) is 5.91 Å². The third kappa shape index (κ3) is 2.51. The van der Waals surface area contributed by atoms with Crippen LogP contribution in [0.15, 0.2) is 0 Å². The van der Waals surface area contributed by atoms with Gasteiger partial charge in [-0.05, 0) is 46.5 Å². The lowest BCUT2D eigenvalue weighted by molar-refractivity contribution is -0.142. The molecule has 0 aromatic rings. The summed E-state index contributed by atoms with van der Waals surface area (Å²) >= 11 is 0. The minimum atomic E-state index is -0.695. The van der Waals surface area contributed by atoms with Crippen LogP contribution in [-0.2, 0) is 4.79 Å². The molecule has 88 valence electrons. The van der Waals surface area contributed by atoms with Gasteiger partial charge in [-0.1, -0.05) is 6.92 Å². The summed E-state index contributed by atoms with van der Waals surface area (Å²) in [6.07, 6.45) is 4.13. The standard InChI is InChI=1S/C12H24N2O/c1-5-12(4,13)11(15)14-9(2)7-6-8-10(14)3/h9-10H,5-8,13H2,1-4H3. The SMILES string of the molecule is CCC(C)(N)C(=O)N1C(C)CCCC1C. The molecule has 15 heavy (non-hydrogen) atoms. The lowest BCUT2D eigenvalue weighted by Gasteiger charge is -2.42. The molecular formula is C12H24N2O. The van der Waals surface area contributed by atoms with Gasteiger partial charge in [-0.3, -0.25) is 4.79 Å². The molecule has 1 fully saturated rings. The zero-order chi connectivity index (χ0) is 11.6. The van der Waals surface area contributed by atoms with Crippen molar-refractivity contribution in [3.63, 3.8) is 0 Å². The van der Waals surface area contributed by atoms with Gasteiger partial charge in [-0.15, -0.1) is 0 Å². The number of amides is 1. The van der Waals surface area contributed by atoms with Gasteiger partial charge >= 0.3 is 0 Å². The molecule has 1 amide bonds. The number of piperidine rings is 1. The minimum absolute atomic E-state index is 0.115. The third-order valence-corrected chi connectivity index (χ3v) is 3.65. The molecule has 1 aliphatic rings. The van der Waals surface area contributed by atoms with Crippen LogP contribution in [0, 0.1) is 0 Å². The van der Waals surface area contributed by atoms with Crippen molar-refractivity contribution in [1.29, 1.82) is 0 Å². The van der Waals surface area contributed by atoms with Crippen LogP contribution < -0.4 is 5.73 Å². The Bertz CT molecular complexity index is 228. The highest BCUT2D eigenvalue weighted by Crippen LogP contribution is 2.25. The summed E-state index contributed by atoms with van der Waals surface area (Å²) < 4.78 is 0. The van der Waals surface area contributed by atoms with Gasteiger partial charge in [0.05, 0.1) is 5.54 Å². The molecule has 0 aromatic carbocycles. The largest absolute Gasteiger partial charge is 0.336 e. The number of hydrogen-bond donors (Lipinski definition) is 1. The van der Waals surface area contributed by atoms with Crippen molar-refractivity contribution in [2.45, 2.75) is 71.0 Å². The first-order chi connectivity index (χ1) is 6.90. The molecule has 1 aliphatic heterocycles. The predicted octanol–water partition coefficient (Wildman–Crippen LogP) is 1.90. The van der Waals surface area contributed by atoms with E-state index in [2.05, 4.69) is 13.8 Å². The molecular weight excluding hydrogens is 188 g/mol. The van der Waals surface area contributed by atoms with Gasteiger partial charge in [0.25, 0.3) is 0 Å². The molecule has 0 spiro atoms. The third-order valence-electron chi connectivity index (χ3n) is 3.65. The van der Waals surface area contributed by atoms with E-state index >= 15 is 0 Å². The maximum atomic E-state index is 12.3. The highest BCUT2D eigenvalue weighted by Gasteiger charge is 2.37. The number of hydrogen-bond acceptors (Lipinski definition) is 2. The number of carbonyl (C=O) groups is 1. The van der Waals surface area contributed by atoms with Crippen molar-refractivity contribution in [3.8, 4) is 0 Å². The molecule has 0 saturated carbocycles. The zero-order valence-corrected chi connectivity index (χ0v) is 10.4. The van der Waals surface area contributed by atoms with Crippen LogP contribution in [0.3, 0.4) is 0 Å². The highest BCUT2D eigenvalue weighted by atomic mass is 16.2. The van der Waals surface area contributed by atoms with Crippen LogP contribution in [0.5, 0.6) is 0 Å². The Kier molecular flexibility index (Phi) is 3.77. The van der Waals surface area contributed by atoms with E-state index in [9.17, 15) is 4.79 Å². The van der Waals surface area contributed by atoms with Crippen molar-refractivity contribution < 1.29 is 4.79 Å². The fourth-order valence-electron chi connectivity index (χ4n) is 2.27. The summed E-state index contributed by atoms with van der Waals surface area (Å²) in [6.45, 7) is 8.05. The Balaban J connectivity index is 2.80. The molecule has 3 heteroatoms. The zero-order valence-electron chi connectivity index (χ0n) is 10.4. The Hall–Kier alpha value is -0.570. The van der Waals surface area contributed by atoms with E-state index in [0.29, 0.717) is 18.5 Å². The van der Waals surface area contributed by atoms with Crippen molar-refractivity contribution >= 4 is 5.91 Å². The van der Waals surface area contributed by atoms with Crippen LogP contribution in [0.2, 0.25) is 0 Å². The van der Waals surface area contributed by atoms with E-state index in [1.54, 1.807) is 0 Å². The number of nitrogens with zero attached hydrogens (tertiary/aromatic N) is 1. The van der Waals surface area contributed by atoms with Crippen molar-refractivity contribution in [1.82, 2.24) is 4.90 Å². The topological polar surface area (TPSA) is 46.3 Å². The van der Waals surface area contributed by atoms with Crippen LogP contribution in [-0.4, -0.2) is 28.4 Å². The Morgan fingerprint density at radius 3 is 2.27 bits per heavy atom. The molecule has 0 bridgehead atoms. The second-order valence-electron chi connectivity index (χ2n) is 5.11. The number of likely N-dealkylation sites (tertiary alicyclic amines) is 1. The van der Waals surface area contributed by atoms with E-state index in [4.69, 9.17) is 5.73 Å². The first kappa shape index (κ1) is 12.5. The lowest BCUT2D eigenvalue weighted by atomic mass is 9.91. The predicted molar refractivity (Wildman–Crippen MR) is 62.5 cm³/mol. The summed E-state index contributed by atoms with van der Waals surface area (Å²) in [5, 5.41) is 0. The Morgan fingerprint density at radius 2 is 1.87 bits per heavy atom. The molecule has 3 atom stereocenters. The average Bonchev–Trinajstić information content (AvgIpc) is 2.17. The first-order valence-electron chi connectivity index (χ1n) is 6.01. The minimum Gasteiger partial charge on any atom is -0.336 e. The molecule has 1 saturated heterocycles. The molecule has 1 heterocycles. The number of nitrogens with two attached hydrogens (primary N) is 1. The molecule has 0 radical (unpaired) electrons. The molecule has 2 N–H and O–H groups in total. The van der Waals surface area contributed by atoms with Gasteiger partial charge < -0.3 is 10.6 Å². The van der Waals surface area contributed by atoms with Gasteiger partial charge in [0.2, 0.25) is 5.91 Å². The fraction of sp³-hybridized carbons (Fsp3) is 0.917. The van der Waals surface area contributed by atoms with Gasteiger partial charge in [0.15, 0.2) is 0 Å². The summed E-state index contributed by atoms with van der Waals surface area (Å²) in [4.78, 5) is 14.3. The monoisotopic (exact) mass is 212 g/mol. The van der Waals surface area contributed by atoms with Gasteiger partial charge in [-0.25, -0.2) is 0 Å². The van der Waals surface area contributed by atoms with Crippen molar-refractivity contribution in [2.75, 3.05) is 0 Å². The van der Waals surface area contributed by atoms with Crippen molar-refractivity contribution in [2.24, 2.45) is 5.73 Å². The smallest absolute Gasteiger partial charge is 0.242 e. The first-order valence-corrected chi connectivity index (χ1v) is 6.01. The van der Waals surface area contributed by atoms with Gasteiger partial charge in [0.1, 0.15) is 0 Å². The number of carbonyl (C=O) groups excluding carboxylic acids is 1. The van der Waals surface area contributed by atoms with Crippen molar-refractivity contribution in [3.05, 3.63) is 0 Å². The van der Waals surface area contributed by atoms with Crippen LogP contribution in [0.1, 0.15) is 53.4 Å². The average molecular weight is 212 g/mol. The molecule has 3 unspecified atom stereocenters. The highest BCUT2D eigenvalue weighted by molar-refractivity contribution is 5.86. The maximum Gasteiger partial charge on any atom is 0.242 e. The molecule has 0 aromatic heterocycles. The molecule has 0 aliphatic carbocycles. The molecule has 3 nitrogen and oxygen atoms in total. The van der Waals surface area contributed by atoms with E-state index in [0.717, 1.165) is 12.8 Å². The number of rotatable bonds is 2. The lowest BCUT2D eigenvalue weighted by Crippen LogP contribution is -2.59. The van der Waals surface area contributed by atoms with E-state index < -0.39 is 5.54 Å². The second-order valence-corrected chi connectivity index (χ2v) is 5.11. The summed E-state index contributed by atoms with van der Waals surface area (Å²) in [6, 6.07) is 0.686. The summed E-state index contributed by atoms with van der Waals surface area (Å²) in [7, 11) is 0. The second kappa shape index (κ2) is 4.52. The normalized spacial score (nSPS) is 31.1. The summed E-state index contributed by atoms with van der Waals surface area (Å²) in [5.74, 6) is 0.115. The van der Waals surface area contributed by atoms with E-state index in [1.807, 2.05) is 18.7 Å². The summed E-state index contributed by atoms with van der Waals surface area (Å²) in [5.41, 5.74) is 5.33. The maximum absolute atomic E-state index is 12.3. The Labute approximate surface area is 93.0 Å².